The Hall–Kier alpha value is -3.61. The minimum Gasteiger partial charge on any atom is -0.488 e. The van der Waals surface area contributed by atoms with Gasteiger partial charge in [-0.2, -0.15) is 0 Å². The number of anilines is 1. The lowest BCUT2D eigenvalue weighted by Crippen LogP contribution is -2.28. The van der Waals surface area contributed by atoms with Crippen LogP contribution in [-0.4, -0.2) is 28.6 Å². The molecule has 2 aromatic carbocycles. The van der Waals surface area contributed by atoms with E-state index in [0.29, 0.717) is 18.1 Å². The molecule has 27 heavy (non-hydrogen) atoms. The molecule has 7 heteroatoms. The van der Waals surface area contributed by atoms with Gasteiger partial charge in [0.05, 0.1) is 0 Å². The average Bonchev–Trinajstić information content (AvgIpc) is 2.66. The Morgan fingerprint density at radius 1 is 1.15 bits per heavy atom. The molecule has 0 aliphatic rings. The maximum Gasteiger partial charge on any atom is 0.339 e. The van der Waals surface area contributed by atoms with Crippen LogP contribution in [-0.2, 0) is 6.61 Å². The molecule has 0 saturated heterocycles. The number of hydrogen-bond acceptors (Lipinski definition) is 4. The number of aromatic nitrogens is 1. The predicted octanol–water partition coefficient (Wildman–Crippen LogP) is 3.65. The second kappa shape index (κ2) is 8.18. The number of aromatic carboxylic acids is 1. The fourth-order valence-corrected chi connectivity index (χ4v) is 2.67. The average molecular weight is 365 g/mol. The van der Waals surface area contributed by atoms with E-state index in [9.17, 15) is 14.7 Å². The molecule has 138 valence electrons. The molecule has 0 radical (unpaired) electrons. The van der Waals surface area contributed by atoms with Crippen molar-refractivity contribution in [2.45, 2.75) is 13.5 Å². The SMILES string of the molecule is CCNC(=O)Nc1cc2cccc(COc3ccccc3C(=O)O)c2cn1. The van der Waals surface area contributed by atoms with Crippen molar-refractivity contribution in [1.82, 2.24) is 10.3 Å². The number of fused-ring (bicyclic) bond motifs is 1. The maximum atomic E-state index is 11.6. The smallest absolute Gasteiger partial charge is 0.339 e. The molecule has 0 aliphatic carbocycles. The van der Waals surface area contributed by atoms with Crippen LogP contribution in [0.25, 0.3) is 10.8 Å². The number of urea groups is 1. The van der Waals surface area contributed by atoms with Crippen molar-refractivity contribution in [3.8, 4) is 5.75 Å². The van der Waals surface area contributed by atoms with Crippen molar-refractivity contribution in [2.75, 3.05) is 11.9 Å². The number of amides is 2. The number of carboxylic acids is 1. The highest BCUT2D eigenvalue weighted by Crippen LogP contribution is 2.24. The molecular formula is C20H19N3O4. The van der Waals surface area contributed by atoms with Crippen LogP contribution in [0.1, 0.15) is 22.8 Å². The van der Waals surface area contributed by atoms with Crippen molar-refractivity contribution in [2.24, 2.45) is 0 Å². The zero-order chi connectivity index (χ0) is 19.2. The molecule has 1 heterocycles. The fourth-order valence-electron chi connectivity index (χ4n) is 2.67. The molecule has 0 spiro atoms. The van der Waals surface area contributed by atoms with Crippen LogP contribution in [0.5, 0.6) is 5.75 Å². The van der Waals surface area contributed by atoms with E-state index in [1.165, 1.54) is 6.07 Å². The number of pyridine rings is 1. The van der Waals surface area contributed by atoms with Crippen LogP contribution in [0.15, 0.2) is 54.7 Å². The van der Waals surface area contributed by atoms with E-state index >= 15 is 0 Å². The first-order chi connectivity index (χ1) is 13.1. The van der Waals surface area contributed by atoms with Gasteiger partial charge in [-0.05, 0) is 36.1 Å². The van der Waals surface area contributed by atoms with E-state index in [1.807, 2.05) is 25.1 Å². The Morgan fingerprint density at radius 2 is 1.96 bits per heavy atom. The first-order valence-corrected chi connectivity index (χ1v) is 8.46. The summed E-state index contributed by atoms with van der Waals surface area (Å²) in [5.74, 6) is -0.279. The number of ether oxygens (including phenoxy) is 1. The highest BCUT2D eigenvalue weighted by molar-refractivity contribution is 5.93. The molecule has 7 nitrogen and oxygen atoms in total. The summed E-state index contributed by atoms with van der Waals surface area (Å²) in [6.45, 7) is 2.56. The van der Waals surface area contributed by atoms with Crippen molar-refractivity contribution >= 4 is 28.6 Å². The number of nitrogens with one attached hydrogen (secondary N) is 2. The van der Waals surface area contributed by atoms with Crippen LogP contribution < -0.4 is 15.4 Å². The van der Waals surface area contributed by atoms with Gasteiger partial charge in [0.25, 0.3) is 0 Å². The van der Waals surface area contributed by atoms with Gasteiger partial charge in [-0.15, -0.1) is 0 Å². The van der Waals surface area contributed by atoms with Gasteiger partial charge in [0.1, 0.15) is 23.7 Å². The minimum absolute atomic E-state index is 0.115. The topological polar surface area (TPSA) is 101 Å². The number of nitrogens with zero attached hydrogens (tertiary/aromatic N) is 1. The first kappa shape index (κ1) is 18.2. The predicted molar refractivity (Wildman–Crippen MR) is 102 cm³/mol. The Kier molecular flexibility index (Phi) is 5.51. The second-order valence-electron chi connectivity index (χ2n) is 5.78. The van der Waals surface area contributed by atoms with E-state index in [-0.39, 0.29) is 18.2 Å². The summed E-state index contributed by atoms with van der Waals surface area (Å²) in [6.07, 6.45) is 1.67. The lowest BCUT2D eigenvalue weighted by atomic mass is 10.1. The fraction of sp³-hybridized carbons (Fsp3) is 0.150. The van der Waals surface area contributed by atoms with E-state index in [2.05, 4.69) is 15.6 Å². The zero-order valence-electron chi connectivity index (χ0n) is 14.7. The number of carboxylic acid groups (broad SMARTS) is 1. The van der Waals surface area contributed by atoms with E-state index in [4.69, 9.17) is 4.74 Å². The number of hydrogen-bond donors (Lipinski definition) is 3. The van der Waals surface area contributed by atoms with Gasteiger partial charge in [-0.1, -0.05) is 30.3 Å². The van der Waals surface area contributed by atoms with Crippen LogP contribution in [0.4, 0.5) is 10.6 Å². The number of para-hydroxylation sites is 1. The highest BCUT2D eigenvalue weighted by Gasteiger charge is 2.11. The zero-order valence-corrected chi connectivity index (χ0v) is 14.7. The van der Waals surface area contributed by atoms with E-state index < -0.39 is 5.97 Å². The quantitative estimate of drug-likeness (QED) is 0.619. The van der Waals surface area contributed by atoms with Crippen LogP contribution in [0.2, 0.25) is 0 Å². The molecular weight excluding hydrogens is 346 g/mol. The molecule has 1 aromatic heterocycles. The number of carbonyl (C=O) groups is 2. The van der Waals surface area contributed by atoms with Gasteiger partial charge in [0, 0.05) is 18.1 Å². The van der Waals surface area contributed by atoms with E-state index in [0.717, 1.165) is 16.3 Å². The highest BCUT2D eigenvalue weighted by atomic mass is 16.5. The molecule has 0 bridgehead atoms. The minimum atomic E-state index is -1.04. The van der Waals surface area contributed by atoms with Crippen molar-refractivity contribution < 1.29 is 19.4 Å². The van der Waals surface area contributed by atoms with Crippen LogP contribution >= 0.6 is 0 Å². The van der Waals surface area contributed by atoms with Gasteiger partial charge in [0.15, 0.2) is 0 Å². The molecule has 3 rings (SSSR count). The third-order valence-corrected chi connectivity index (χ3v) is 3.93. The lowest BCUT2D eigenvalue weighted by Gasteiger charge is -2.12. The van der Waals surface area contributed by atoms with Crippen molar-refractivity contribution in [3.05, 3.63) is 65.9 Å². The molecule has 3 N–H and O–H groups in total. The second-order valence-corrected chi connectivity index (χ2v) is 5.78. The third kappa shape index (κ3) is 4.33. The Balaban J connectivity index is 1.81. The summed E-state index contributed by atoms with van der Waals surface area (Å²) in [5, 5.41) is 16.3. The molecule has 3 aromatic rings. The van der Waals surface area contributed by atoms with Crippen LogP contribution in [0.3, 0.4) is 0 Å². The standard InChI is InChI=1S/C20H19N3O4/c1-2-21-20(26)23-18-10-13-6-5-7-14(16(13)11-22-18)12-27-17-9-4-3-8-15(17)19(24)25/h3-11H,2,12H2,1H3,(H,24,25)(H2,21,22,23,26). The van der Waals surface area contributed by atoms with Gasteiger partial charge >= 0.3 is 12.0 Å². The summed E-state index contributed by atoms with van der Waals surface area (Å²) < 4.78 is 5.73. The number of rotatable bonds is 6. The molecule has 2 amide bonds. The summed E-state index contributed by atoms with van der Waals surface area (Å²) in [6, 6.07) is 13.7. The normalized spacial score (nSPS) is 10.4. The van der Waals surface area contributed by atoms with Gasteiger partial charge < -0.3 is 15.2 Å². The third-order valence-electron chi connectivity index (χ3n) is 3.93. The van der Waals surface area contributed by atoms with Gasteiger partial charge in [0.2, 0.25) is 0 Å². The van der Waals surface area contributed by atoms with Gasteiger partial charge in [-0.3, -0.25) is 5.32 Å². The van der Waals surface area contributed by atoms with Gasteiger partial charge in [-0.25, -0.2) is 14.6 Å². The van der Waals surface area contributed by atoms with E-state index in [1.54, 1.807) is 30.5 Å². The summed E-state index contributed by atoms with van der Waals surface area (Å²) in [5.41, 5.74) is 0.981. The Labute approximate surface area is 156 Å². The van der Waals surface area contributed by atoms with Crippen molar-refractivity contribution in [3.63, 3.8) is 0 Å². The molecule has 0 saturated carbocycles. The van der Waals surface area contributed by atoms with Crippen molar-refractivity contribution in [1.29, 1.82) is 0 Å². The van der Waals surface area contributed by atoms with Crippen LogP contribution in [0, 0.1) is 0 Å². The maximum absolute atomic E-state index is 11.6. The lowest BCUT2D eigenvalue weighted by molar-refractivity contribution is 0.0691. The monoisotopic (exact) mass is 365 g/mol. The summed E-state index contributed by atoms with van der Waals surface area (Å²) >= 11 is 0. The summed E-state index contributed by atoms with van der Waals surface area (Å²) in [7, 11) is 0. The number of carbonyl (C=O) groups excluding carboxylic acids is 1. The Morgan fingerprint density at radius 3 is 2.74 bits per heavy atom. The number of benzene rings is 2. The largest absolute Gasteiger partial charge is 0.488 e. The summed E-state index contributed by atoms with van der Waals surface area (Å²) in [4.78, 5) is 27.2. The molecule has 0 atom stereocenters. The molecule has 0 aliphatic heterocycles. The first-order valence-electron chi connectivity index (χ1n) is 8.46. The Bertz CT molecular complexity index is 988. The molecule has 0 fully saturated rings. The molecule has 0 unspecified atom stereocenters.